The fraction of sp³-hybridized carbons (Fsp3) is 0.727. The molecule has 0 aliphatic carbocycles. The van der Waals surface area contributed by atoms with Gasteiger partial charge in [-0.15, -0.1) is 0 Å². The second kappa shape index (κ2) is 3.53. The molecule has 0 N–H and O–H groups in total. The molecule has 0 aromatic carbocycles. The maximum absolute atomic E-state index is 12.0. The Labute approximate surface area is 97.8 Å². The van der Waals surface area contributed by atoms with Gasteiger partial charge in [0.2, 0.25) is 11.8 Å². The molecule has 0 aromatic rings. The van der Waals surface area contributed by atoms with Crippen LogP contribution in [0.5, 0.6) is 0 Å². The van der Waals surface area contributed by atoms with Crippen molar-refractivity contribution in [3.8, 4) is 0 Å². The van der Waals surface area contributed by atoms with E-state index in [1.165, 1.54) is 0 Å². The number of rotatable bonds is 1. The first-order valence-corrected chi connectivity index (χ1v) is 5.85. The van der Waals surface area contributed by atoms with Crippen LogP contribution in [0.1, 0.15) is 19.8 Å². The van der Waals surface area contributed by atoms with Gasteiger partial charge in [0.25, 0.3) is 0 Å². The molecule has 3 aliphatic rings. The molecule has 0 spiro atoms. The first-order valence-electron chi connectivity index (χ1n) is 5.85. The molecule has 0 unspecified atom stereocenters. The number of hydrogen-bond donors (Lipinski definition) is 0. The Bertz CT molecular complexity index is 379. The summed E-state index contributed by atoms with van der Waals surface area (Å²) in [6.45, 7) is 1.78. The number of ether oxygens (including phenoxy) is 2. The number of hydrogen-bond acceptors (Lipinski definition) is 5. The summed E-state index contributed by atoms with van der Waals surface area (Å²) in [6.07, 6.45) is 0.348. The Morgan fingerprint density at radius 3 is 2.29 bits per heavy atom. The average molecular weight is 239 g/mol. The van der Waals surface area contributed by atoms with E-state index in [0.717, 1.165) is 12.8 Å². The van der Waals surface area contributed by atoms with Gasteiger partial charge in [-0.25, -0.2) is 4.79 Å². The van der Waals surface area contributed by atoms with Gasteiger partial charge in [0.15, 0.2) is 0 Å². The molecule has 3 fully saturated rings. The van der Waals surface area contributed by atoms with Crippen LogP contribution in [-0.2, 0) is 19.1 Å². The Balaban J connectivity index is 1.88. The van der Waals surface area contributed by atoms with E-state index in [1.54, 1.807) is 6.92 Å². The lowest BCUT2D eigenvalue weighted by atomic mass is 9.81. The van der Waals surface area contributed by atoms with Crippen molar-refractivity contribution in [1.82, 2.24) is 4.90 Å². The molecule has 3 rings (SSSR count). The summed E-state index contributed by atoms with van der Waals surface area (Å²) in [5.74, 6) is -1.84. The Kier molecular flexibility index (Phi) is 2.22. The fourth-order valence-corrected chi connectivity index (χ4v) is 3.08. The third-order valence-electron chi connectivity index (χ3n) is 3.73. The molecule has 4 atom stereocenters. The monoisotopic (exact) mass is 239 g/mol. The van der Waals surface area contributed by atoms with Crippen LogP contribution >= 0.6 is 0 Å². The number of amides is 3. The lowest BCUT2D eigenvalue weighted by Gasteiger charge is -2.14. The van der Waals surface area contributed by atoms with Crippen molar-refractivity contribution in [1.29, 1.82) is 0 Å². The number of carbonyl (C=O) groups is 3. The number of likely N-dealkylation sites (tertiary alicyclic amines) is 1. The predicted octanol–water partition coefficient (Wildman–Crippen LogP) is 0.305. The maximum atomic E-state index is 12.0. The maximum Gasteiger partial charge on any atom is 0.423 e. The van der Waals surface area contributed by atoms with E-state index in [0.29, 0.717) is 4.90 Å². The van der Waals surface area contributed by atoms with E-state index < -0.39 is 29.7 Å². The molecule has 3 saturated heterocycles. The summed E-state index contributed by atoms with van der Waals surface area (Å²) in [6, 6.07) is 0. The van der Waals surface area contributed by atoms with Crippen molar-refractivity contribution in [3.63, 3.8) is 0 Å². The Morgan fingerprint density at radius 1 is 1.29 bits per heavy atom. The fourth-order valence-electron chi connectivity index (χ4n) is 3.08. The normalized spacial score (nSPS) is 38.8. The first-order chi connectivity index (χ1) is 8.15. The topological polar surface area (TPSA) is 72.9 Å². The van der Waals surface area contributed by atoms with Crippen LogP contribution < -0.4 is 0 Å². The van der Waals surface area contributed by atoms with Crippen molar-refractivity contribution in [2.45, 2.75) is 32.0 Å². The predicted molar refractivity (Wildman–Crippen MR) is 53.8 cm³/mol. The minimum Gasteiger partial charge on any atom is -0.449 e. The molecule has 92 valence electrons. The molecule has 6 heteroatoms. The molecule has 17 heavy (non-hydrogen) atoms. The van der Waals surface area contributed by atoms with E-state index in [4.69, 9.17) is 9.47 Å². The zero-order valence-corrected chi connectivity index (χ0v) is 9.42. The second-order valence-electron chi connectivity index (χ2n) is 4.55. The van der Waals surface area contributed by atoms with Crippen molar-refractivity contribution in [2.24, 2.45) is 11.8 Å². The Morgan fingerprint density at radius 2 is 1.82 bits per heavy atom. The van der Waals surface area contributed by atoms with Gasteiger partial charge < -0.3 is 9.47 Å². The van der Waals surface area contributed by atoms with Gasteiger partial charge in [-0.3, -0.25) is 9.59 Å². The third-order valence-corrected chi connectivity index (χ3v) is 3.73. The second-order valence-corrected chi connectivity index (χ2v) is 4.55. The van der Waals surface area contributed by atoms with Crippen LogP contribution in [0.2, 0.25) is 0 Å². The smallest absolute Gasteiger partial charge is 0.423 e. The van der Waals surface area contributed by atoms with Crippen LogP contribution in [0.15, 0.2) is 0 Å². The van der Waals surface area contributed by atoms with Gasteiger partial charge in [0.05, 0.1) is 30.7 Å². The van der Waals surface area contributed by atoms with E-state index in [1.807, 2.05) is 0 Å². The highest BCUT2D eigenvalue weighted by atomic mass is 16.6. The highest BCUT2D eigenvalue weighted by Gasteiger charge is 2.64. The summed E-state index contributed by atoms with van der Waals surface area (Å²) >= 11 is 0. The first kappa shape index (κ1) is 10.7. The van der Waals surface area contributed by atoms with Gasteiger partial charge in [-0.1, -0.05) is 0 Å². The molecular weight excluding hydrogens is 226 g/mol. The lowest BCUT2D eigenvalue weighted by molar-refractivity contribution is -0.140. The molecule has 3 aliphatic heterocycles. The zero-order chi connectivity index (χ0) is 12.2. The lowest BCUT2D eigenvalue weighted by Crippen LogP contribution is -2.39. The molecule has 6 nitrogen and oxygen atoms in total. The van der Waals surface area contributed by atoms with Crippen molar-refractivity contribution < 1.29 is 23.9 Å². The summed E-state index contributed by atoms with van der Waals surface area (Å²) < 4.78 is 10.3. The third kappa shape index (κ3) is 1.27. The van der Waals surface area contributed by atoms with Crippen LogP contribution in [0.25, 0.3) is 0 Å². The molecule has 0 saturated carbocycles. The quantitative estimate of drug-likeness (QED) is 0.615. The van der Waals surface area contributed by atoms with Gasteiger partial charge in [0.1, 0.15) is 0 Å². The number of nitrogens with zero attached hydrogens (tertiary/aromatic N) is 1. The minimum absolute atomic E-state index is 0.147. The average Bonchev–Trinajstić information content (AvgIpc) is 2.93. The minimum atomic E-state index is -0.851. The summed E-state index contributed by atoms with van der Waals surface area (Å²) in [5.41, 5.74) is 0. The zero-order valence-electron chi connectivity index (χ0n) is 9.42. The van der Waals surface area contributed by atoms with E-state index in [2.05, 4.69) is 0 Å². The number of carbonyl (C=O) groups excluding carboxylic acids is 3. The Hall–Kier alpha value is -1.43. The molecular formula is C11H13NO5. The molecule has 2 bridgehead atoms. The van der Waals surface area contributed by atoms with Gasteiger partial charge in [0, 0.05) is 0 Å². The van der Waals surface area contributed by atoms with E-state index >= 15 is 0 Å². The molecule has 0 radical (unpaired) electrons. The van der Waals surface area contributed by atoms with Crippen LogP contribution in [0.3, 0.4) is 0 Å². The van der Waals surface area contributed by atoms with Gasteiger partial charge in [-0.2, -0.15) is 4.90 Å². The van der Waals surface area contributed by atoms with Gasteiger partial charge >= 0.3 is 6.09 Å². The number of fused-ring (bicyclic) bond motifs is 5. The molecule has 3 amide bonds. The van der Waals surface area contributed by atoms with Crippen LogP contribution in [0.4, 0.5) is 4.79 Å². The van der Waals surface area contributed by atoms with Crippen LogP contribution in [0, 0.1) is 11.8 Å². The van der Waals surface area contributed by atoms with E-state index in [9.17, 15) is 14.4 Å². The highest BCUT2D eigenvalue weighted by Crippen LogP contribution is 2.48. The van der Waals surface area contributed by atoms with Crippen molar-refractivity contribution >= 4 is 17.9 Å². The molecule has 3 heterocycles. The summed E-state index contributed by atoms with van der Waals surface area (Å²) in [5, 5.41) is 0. The summed E-state index contributed by atoms with van der Waals surface area (Å²) in [7, 11) is 0. The van der Waals surface area contributed by atoms with E-state index in [-0.39, 0.29) is 18.8 Å². The SMILES string of the molecule is CCOC(=O)N1C(=O)[C@@H]2[C@H](C1=O)[C@H]1CC[C@@H]2O1. The van der Waals surface area contributed by atoms with Crippen LogP contribution in [-0.4, -0.2) is 41.6 Å². The largest absolute Gasteiger partial charge is 0.449 e. The van der Waals surface area contributed by atoms with Crippen molar-refractivity contribution in [3.05, 3.63) is 0 Å². The summed E-state index contributed by atoms with van der Waals surface area (Å²) in [4.78, 5) is 36.3. The standard InChI is InChI=1S/C11H13NO5/c1-2-16-11(15)12-9(13)7-5-3-4-6(17-5)8(7)10(12)14/h5-8H,2-4H2,1H3/t5-,6+,7-,8+. The highest BCUT2D eigenvalue weighted by molar-refractivity contribution is 6.16. The van der Waals surface area contributed by atoms with Gasteiger partial charge in [-0.05, 0) is 19.8 Å². The number of imide groups is 3. The van der Waals surface area contributed by atoms with Crippen molar-refractivity contribution in [2.75, 3.05) is 6.61 Å². The molecule has 0 aromatic heterocycles.